The van der Waals surface area contributed by atoms with Gasteiger partial charge in [-0.2, -0.15) is 0 Å². The van der Waals surface area contributed by atoms with Gasteiger partial charge >= 0.3 is 5.97 Å². The van der Waals surface area contributed by atoms with Gasteiger partial charge in [0.05, 0.1) is 32.5 Å². The molecule has 1 aromatic carbocycles. The third-order valence-corrected chi connectivity index (χ3v) is 5.32. The molecule has 0 radical (unpaired) electrons. The number of carboxylic acids is 1. The van der Waals surface area contributed by atoms with Gasteiger partial charge in [-0.25, -0.2) is 4.39 Å². The van der Waals surface area contributed by atoms with E-state index in [1.54, 1.807) is 12.1 Å². The summed E-state index contributed by atoms with van der Waals surface area (Å²) in [5.41, 5.74) is -0.599. The molecule has 7 heteroatoms. The number of benzene rings is 1. The molecule has 2 aliphatic heterocycles. The molecule has 0 aromatic heterocycles. The molecule has 0 saturated carbocycles. The van der Waals surface area contributed by atoms with E-state index < -0.39 is 17.5 Å². The second kappa shape index (κ2) is 8.43. The van der Waals surface area contributed by atoms with Crippen LogP contribution in [0.4, 0.5) is 4.39 Å². The summed E-state index contributed by atoms with van der Waals surface area (Å²) in [6, 6.07) is 5.80. The summed E-state index contributed by atoms with van der Waals surface area (Å²) in [7, 11) is 0. The van der Waals surface area contributed by atoms with Gasteiger partial charge in [-0.1, -0.05) is 12.1 Å². The average Bonchev–Trinajstić information content (AvgIpc) is 2.88. The number of hydrogen-bond acceptors (Lipinski definition) is 5. The monoisotopic (exact) mass is 367 g/mol. The predicted molar refractivity (Wildman–Crippen MR) is 92.4 cm³/mol. The van der Waals surface area contributed by atoms with Gasteiger partial charge in [0.2, 0.25) is 0 Å². The number of rotatable bonds is 5. The van der Waals surface area contributed by atoms with Crippen LogP contribution in [0.1, 0.15) is 12.0 Å². The number of halogens is 1. The molecule has 144 valence electrons. The van der Waals surface area contributed by atoms with Gasteiger partial charge in [-0.3, -0.25) is 4.79 Å². The molecular weight excluding hydrogens is 341 g/mol. The number of likely N-dealkylation sites (tertiary alicyclic amines) is 1. The first-order valence-electron chi connectivity index (χ1n) is 9.03. The van der Waals surface area contributed by atoms with Crippen molar-refractivity contribution >= 4 is 5.97 Å². The first-order chi connectivity index (χ1) is 12.5. The summed E-state index contributed by atoms with van der Waals surface area (Å²) in [6.45, 7) is 3.91. The van der Waals surface area contributed by atoms with Crippen molar-refractivity contribution in [2.45, 2.75) is 18.9 Å². The topological polar surface area (TPSA) is 79.2 Å². The van der Waals surface area contributed by atoms with Crippen molar-refractivity contribution in [1.29, 1.82) is 0 Å². The maximum absolute atomic E-state index is 13.2. The molecule has 2 aliphatic rings. The first kappa shape index (κ1) is 19.2. The first-order valence-corrected chi connectivity index (χ1v) is 9.03. The zero-order valence-corrected chi connectivity index (χ0v) is 14.8. The van der Waals surface area contributed by atoms with Crippen LogP contribution in [0.15, 0.2) is 24.3 Å². The maximum atomic E-state index is 13.2. The molecule has 0 aliphatic carbocycles. The van der Waals surface area contributed by atoms with Crippen LogP contribution in [-0.4, -0.2) is 73.2 Å². The summed E-state index contributed by atoms with van der Waals surface area (Å²) in [5, 5.41) is 20.5. The molecule has 2 N–H and O–H groups in total. The Bertz CT molecular complexity index is 602. The molecule has 0 amide bonds. The number of ether oxygens (including phenoxy) is 2. The Morgan fingerprint density at radius 1 is 1.23 bits per heavy atom. The predicted octanol–water partition coefficient (Wildman–Crippen LogP) is 1.17. The van der Waals surface area contributed by atoms with Crippen molar-refractivity contribution in [3.8, 4) is 0 Å². The lowest BCUT2D eigenvalue weighted by Gasteiger charge is -2.44. The van der Waals surface area contributed by atoms with Crippen molar-refractivity contribution in [3.63, 3.8) is 0 Å². The lowest BCUT2D eigenvalue weighted by atomic mass is 9.72. The van der Waals surface area contributed by atoms with Crippen LogP contribution >= 0.6 is 0 Å². The number of aliphatic carboxylic acids is 1. The van der Waals surface area contributed by atoms with E-state index in [4.69, 9.17) is 9.47 Å². The van der Waals surface area contributed by atoms with Gasteiger partial charge in [0.15, 0.2) is 0 Å². The molecule has 2 atom stereocenters. The number of nitrogens with zero attached hydrogens (tertiary/aromatic N) is 1. The Balaban J connectivity index is 1.73. The van der Waals surface area contributed by atoms with Gasteiger partial charge in [0, 0.05) is 25.6 Å². The molecule has 0 unspecified atom stereocenters. The Hall–Kier alpha value is -1.54. The Labute approximate surface area is 152 Å². The van der Waals surface area contributed by atoms with E-state index in [0.29, 0.717) is 51.5 Å². The van der Waals surface area contributed by atoms with E-state index in [1.807, 2.05) is 0 Å². The second-order valence-electron chi connectivity index (χ2n) is 7.32. The minimum Gasteiger partial charge on any atom is -0.481 e. The Kier molecular flexibility index (Phi) is 6.24. The van der Waals surface area contributed by atoms with Crippen LogP contribution in [0.3, 0.4) is 0 Å². The smallest absolute Gasteiger partial charge is 0.313 e. The van der Waals surface area contributed by atoms with Crippen molar-refractivity contribution < 1.29 is 28.9 Å². The normalized spacial score (nSPS) is 28.6. The van der Waals surface area contributed by atoms with Gasteiger partial charge in [0.25, 0.3) is 0 Å². The molecule has 0 bridgehead atoms. The molecule has 2 fully saturated rings. The highest BCUT2D eigenvalue weighted by atomic mass is 19.1. The van der Waals surface area contributed by atoms with Crippen LogP contribution < -0.4 is 0 Å². The van der Waals surface area contributed by atoms with Crippen molar-refractivity contribution in [2.75, 3.05) is 46.1 Å². The lowest BCUT2D eigenvalue weighted by molar-refractivity contribution is -0.163. The van der Waals surface area contributed by atoms with Gasteiger partial charge in [0.1, 0.15) is 11.2 Å². The fourth-order valence-electron chi connectivity index (χ4n) is 3.88. The summed E-state index contributed by atoms with van der Waals surface area (Å²) >= 11 is 0. The molecule has 0 spiro atoms. The van der Waals surface area contributed by atoms with Crippen LogP contribution in [0.5, 0.6) is 0 Å². The number of aliphatic hydroxyl groups excluding tert-OH is 1. The molecule has 26 heavy (non-hydrogen) atoms. The van der Waals surface area contributed by atoms with Crippen molar-refractivity contribution in [2.24, 2.45) is 11.3 Å². The van der Waals surface area contributed by atoms with Gasteiger partial charge in [-0.05, 0) is 30.5 Å². The fraction of sp³-hybridized carbons (Fsp3) is 0.632. The van der Waals surface area contributed by atoms with E-state index in [2.05, 4.69) is 4.90 Å². The molecule has 3 rings (SSSR count). The summed E-state index contributed by atoms with van der Waals surface area (Å²) < 4.78 is 24.2. The number of carbonyl (C=O) groups is 1. The molecule has 6 nitrogen and oxygen atoms in total. The lowest BCUT2D eigenvalue weighted by Crippen LogP contribution is -2.58. The average molecular weight is 367 g/mol. The van der Waals surface area contributed by atoms with Crippen LogP contribution in [0.25, 0.3) is 0 Å². The van der Waals surface area contributed by atoms with Crippen molar-refractivity contribution in [1.82, 2.24) is 4.90 Å². The summed E-state index contributed by atoms with van der Waals surface area (Å²) in [6.07, 6.45) is -0.386. The Morgan fingerprint density at radius 2 is 1.88 bits per heavy atom. The summed E-state index contributed by atoms with van der Waals surface area (Å²) in [4.78, 5) is 14.2. The number of aliphatic hydroxyl groups is 1. The van der Waals surface area contributed by atoms with Gasteiger partial charge < -0.3 is 24.6 Å². The third kappa shape index (κ3) is 4.40. The number of carboxylic acid groups (broad SMARTS) is 1. The minimum absolute atomic E-state index is 0.165. The zero-order chi connectivity index (χ0) is 18.6. The van der Waals surface area contributed by atoms with E-state index in [1.165, 1.54) is 12.1 Å². The second-order valence-corrected chi connectivity index (χ2v) is 7.32. The molecule has 2 heterocycles. The number of piperidine rings is 1. The maximum Gasteiger partial charge on any atom is 0.313 e. The summed E-state index contributed by atoms with van der Waals surface area (Å²) in [5.74, 6) is -1.20. The highest BCUT2D eigenvalue weighted by Gasteiger charge is 2.49. The molecule has 1 aromatic rings. The SMILES string of the molecule is O=C(O)[C@]1(Cc2ccc(F)cc2)CN(CC2COCCOC2)CC[C@@H]1O. The van der Waals surface area contributed by atoms with E-state index >= 15 is 0 Å². The van der Waals surface area contributed by atoms with Crippen LogP contribution in [0, 0.1) is 17.2 Å². The van der Waals surface area contributed by atoms with Crippen molar-refractivity contribution in [3.05, 3.63) is 35.6 Å². The zero-order valence-electron chi connectivity index (χ0n) is 14.8. The third-order valence-electron chi connectivity index (χ3n) is 5.32. The quantitative estimate of drug-likeness (QED) is 0.813. The Morgan fingerprint density at radius 3 is 2.50 bits per heavy atom. The van der Waals surface area contributed by atoms with Gasteiger partial charge in [-0.15, -0.1) is 0 Å². The van der Waals surface area contributed by atoms with E-state index in [0.717, 1.165) is 0 Å². The van der Waals surface area contributed by atoms with Crippen LogP contribution in [-0.2, 0) is 20.7 Å². The fourth-order valence-corrected chi connectivity index (χ4v) is 3.88. The highest BCUT2D eigenvalue weighted by molar-refractivity contribution is 5.76. The molecule has 2 saturated heterocycles. The van der Waals surface area contributed by atoms with E-state index in [9.17, 15) is 19.4 Å². The minimum atomic E-state index is -1.30. The van der Waals surface area contributed by atoms with E-state index in [-0.39, 0.29) is 24.7 Å². The molecular formula is C19H26FNO5. The standard InChI is InChI=1S/C19H26FNO5/c20-16-3-1-14(2-4-16)9-19(18(23)24)13-21(6-5-17(19)22)10-15-11-25-7-8-26-12-15/h1-4,15,17,22H,5-13H2,(H,23,24)/t17-,19+/m0/s1. The number of hydrogen-bond donors (Lipinski definition) is 2. The highest BCUT2D eigenvalue weighted by Crippen LogP contribution is 2.35. The largest absolute Gasteiger partial charge is 0.481 e. The van der Waals surface area contributed by atoms with Crippen LogP contribution in [0.2, 0.25) is 0 Å².